The topological polar surface area (TPSA) is 81.4 Å². The standard InChI is InChI=1S/C10H14ClN2O3S/c1-6(12)10(11)7-3-4-9(16-2)8(5-7)13-17(14)15/h3-6,10H,12H2,1-2H3,(H,13,14,15). The number of alkyl halides is 1. The molecule has 95 valence electrons. The molecule has 0 bridgehead atoms. The number of hydrogen-bond acceptors (Lipinski definition) is 4. The van der Waals surface area contributed by atoms with E-state index in [1.807, 2.05) is 0 Å². The SMILES string of the molecule is COc1ccc(C(Cl)C(C)N)cc1N[S](=O)=O. The molecule has 0 aliphatic rings. The van der Waals surface area contributed by atoms with Crippen LogP contribution in [-0.4, -0.2) is 21.6 Å². The zero-order valence-corrected chi connectivity index (χ0v) is 11.0. The molecule has 0 aliphatic carbocycles. The Bertz CT molecular complexity index is 455. The lowest BCUT2D eigenvalue weighted by Gasteiger charge is -2.15. The number of benzene rings is 1. The van der Waals surface area contributed by atoms with E-state index in [0.29, 0.717) is 11.4 Å². The number of anilines is 1. The van der Waals surface area contributed by atoms with Crippen molar-refractivity contribution in [3.05, 3.63) is 23.8 Å². The molecular weight excluding hydrogens is 264 g/mol. The minimum Gasteiger partial charge on any atom is -0.495 e. The molecule has 0 saturated heterocycles. The molecule has 0 fully saturated rings. The smallest absolute Gasteiger partial charge is 0.293 e. The summed E-state index contributed by atoms with van der Waals surface area (Å²) < 4.78 is 28.5. The van der Waals surface area contributed by atoms with E-state index >= 15 is 0 Å². The molecule has 2 unspecified atom stereocenters. The third-order valence-electron chi connectivity index (χ3n) is 2.20. The van der Waals surface area contributed by atoms with E-state index in [0.717, 1.165) is 5.56 Å². The van der Waals surface area contributed by atoms with Crippen molar-refractivity contribution >= 4 is 28.2 Å². The van der Waals surface area contributed by atoms with Gasteiger partial charge in [-0.3, -0.25) is 4.72 Å². The van der Waals surface area contributed by atoms with Crippen LogP contribution in [0.2, 0.25) is 0 Å². The fourth-order valence-electron chi connectivity index (χ4n) is 1.37. The van der Waals surface area contributed by atoms with E-state index in [9.17, 15) is 8.42 Å². The molecule has 0 saturated carbocycles. The molecular formula is C10H14ClN2O3S. The van der Waals surface area contributed by atoms with Gasteiger partial charge in [0.2, 0.25) is 0 Å². The molecule has 2 atom stereocenters. The lowest BCUT2D eigenvalue weighted by Crippen LogP contribution is -2.20. The second kappa shape index (κ2) is 6.00. The van der Waals surface area contributed by atoms with Crippen LogP contribution in [0.1, 0.15) is 17.9 Å². The quantitative estimate of drug-likeness (QED) is 0.800. The third kappa shape index (κ3) is 3.69. The van der Waals surface area contributed by atoms with Gasteiger partial charge < -0.3 is 10.5 Å². The van der Waals surface area contributed by atoms with Crippen LogP contribution in [0, 0.1) is 0 Å². The van der Waals surface area contributed by atoms with Gasteiger partial charge in [0.25, 0.3) is 10.9 Å². The van der Waals surface area contributed by atoms with Crippen LogP contribution in [0.4, 0.5) is 5.69 Å². The normalized spacial score (nSPS) is 13.9. The molecule has 0 spiro atoms. The maximum atomic E-state index is 10.6. The van der Waals surface area contributed by atoms with Gasteiger partial charge in [0.05, 0.1) is 18.2 Å². The number of methoxy groups -OCH3 is 1. The molecule has 17 heavy (non-hydrogen) atoms. The average molecular weight is 278 g/mol. The van der Waals surface area contributed by atoms with Crippen LogP contribution in [0.25, 0.3) is 0 Å². The second-order valence-corrected chi connectivity index (χ2v) is 4.70. The number of rotatable bonds is 5. The Morgan fingerprint density at radius 1 is 1.47 bits per heavy atom. The molecule has 1 aromatic rings. The maximum Gasteiger partial charge on any atom is 0.293 e. The largest absolute Gasteiger partial charge is 0.495 e. The van der Waals surface area contributed by atoms with Gasteiger partial charge in [-0.05, 0) is 24.6 Å². The first kappa shape index (κ1) is 14.0. The molecule has 1 aromatic carbocycles. The molecule has 1 radical (unpaired) electrons. The lowest BCUT2D eigenvalue weighted by atomic mass is 10.1. The molecule has 0 aliphatic heterocycles. The highest BCUT2D eigenvalue weighted by Gasteiger charge is 2.15. The molecule has 0 aromatic heterocycles. The molecule has 7 heteroatoms. The van der Waals surface area contributed by atoms with E-state index < -0.39 is 10.9 Å². The summed E-state index contributed by atoms with van der Waals surface area (Å²) in [5.41, 5.74) is 6.75. The molecule has 3 N–H and O–H groups in total. The summed E-state index contributed by atoms with van der Waals surface area (Å²) >= 11 is 6.10. The highest BCUT2D eigenvalue weighted by atomic mass is 35.5. The molecule has 0 amide bonds. The summed E-state index contributed by atoms with van der Waals surface area (Å²) in [6.07, 6.45) is 0. The zero-order chi connectivity index (χ0) is 13.0. The molecule has 1 rings (SSSR count). The monoisotopic (exact) mass is 277 g/mol. The van der Waals surface area contributed by atoms with Crippen LogP contribution in [0.3, 0.4) is 0 Å². The highest BCUT2D eigenvalue weighted by Crippen LogP contribution is 2.31. The van der Waals surface area contributed by atoms with Gasteiger partial charge >= 0.3 is 0 Å². The molecule has 0 heterocycles. The maximum absolute atomic E-state index is 10.6. The molecule has 5 nitrogen and oxygen atoms in total. The number of nitrogens with one attached hydrogen (secondary N) is 1. The van der Waals surface area contributed by atoms with E-state index in [4.69, 9.17) is 22.1 Å². The van der Waals surface area contributed by atoms with Crippen LogP contribution < -0.4 is 15.2 Å². The summed E-state index contributed by atoms with van der Waals surface area (Å²) in [5, 5.41) is -0.387. The van der Waals surface area contributed by atoms with Crippen molar-refractivity contribution in [2.45, 2.75) is 18.3 Å². The Morgan fingerprint density at radius 2 is 2.12 bits per heavy atom. The van der Waals surface area contributed by atoms with E-state index in [2.05, 4.69) is 4.72 Å². The van der Waals surface area contributed by atoms with Gasteiger partial charge in [0, 0.05) is 6.04 Å². The van der Waals surface area contributed by atoms with Gasteiger partial charge in [-0.15, -0.1) is 11.6 Å². The van der Waals surface area contributed by atoms with Crippen molar-refractivity contribution in [1.29, 1.82) is 0 Å². The summed E-state index contributed by atoms with van der Waals surface area (Å²) in [6, 6.07) is 4.76. The predicted molar refractivity (Wildman–Crippen MR) is 67.8 cm³/mol. The van der Waals surface area contributed by atoms with Crippen molar-refractivity contribution in [1.82, 2.24) is 0 Å². The highest BCUT2D eigenvalue weighted by molar-refractivity contribution is 7.73. The van der Waals surface area contributed by atoms with E-state index in [1.165, 1.54) is 7.11 Å². The number of halogens is 1. The van der Waals surface area contributed by atoms with Gasteiger partial charge in [0.15, 0.2) is 0 Å². The summed E-state index contributed by atoms with van der Waals surface area (Å²) in [4.78, 5) is 0. The first-order valence-electron chi connectivity index (χ1n) is 4.89. The Balaban J connectivity index is 3.12. The van der Waals surface area contributed by atoms with Crippen LogP contribution in [0.5, 0.6) is 5.75 Å². The van der Waals surface area contributed by atoms with Gasteiger partial charge in [-0.25, -0.2) is 0 Å². The van der Waals surface area contributed by atoms with Crippen molar-refractivity contribution < 1.29 is 13.2 Å². The van der Waals surface area contributed by atoms with E-state index in [-0.39, 0.29) is 11.4 Å². The number of ether oxygens (including phenoxy) is 1. The minimum absolute atomic E-state index is 0.240. The number of hydrogen-bond donors (Lipinski definition) is 2. The van der Waals surface area contributed by atoms with Crippen LogP contribution >= 0.6 is 11.6 Å². The number of nitrogens with two attached hydrogens (primary N) is 1. The van der Waals surface area contributed by atoms with Crippen molar-refractivity contribution in [2.75, 3.05) is 11.8 Å². The second-order valence-electron chi connectivity index (χ2n) is 3.56. The fourth-order valence-corrected chi connectivity index (χ4v) is 1.85. The van der Waals surface area contributed by atoms with Crippen LogP contribution in [0.15, 0.2) is 18.2 Å². The van der Waals surface area contributed by atoms with E-state index in [1.54, 1.807) is 25.1 Å². The van der Waals surface area contributed by atoms with Gasteiger partial charge in [-0.2, -0.15) is 8.42 Å². The Kier molecular flexibility index (Phi) is 4.92. The average Bonchev–Trinajstić information content (AvgIpc) is 2.27. The van der Waals surface area contributed by atoms with Crippen molar-refractivity contribution in [2.24, 2.45) is 5.73 Å². The summed E-state index contributed by atoms with van der Waals surface area (Å²) in [7, 11) is -0.959. The third-order valence-corrected chi connectivity index (χ3v) is 3.23. The van der Waals surface area contributed by atoms with Crippen LogP contribution in [-0.2, 0) is 10.9 Å². The Labute approximate surface area is 107 Å². The van der Waals surface area contributed by atoms with Gasteiger partial charge in [0.1, 0.15) is 5.75 Å². The first-order chi connectivity index (χ1) is 7.95. The summed E-state index contributed by atoms with van der Waals surface area (Å²) in [6.45, 7) is 1.78. The Hall–Kier alpha value is -1.11. The minimum atomic E-state index is -2.41. The Morgan fingerprint density at radius 3 is 2.59 bits per heavy atom. The van der Waals surface area contributed by atoms with Gasteiger partial charge in [-0.1, -0.05) is 6.07 Å². The summed E-state index contributed by atoms with van der Waals surface area (Å²) in [5.74, 6) is 0.423. The van der Waals surface area contributed by atoms with Crippen molar-refractivity contribution in [3.63, 3.8) is 0 Å². The fraction of sp³-hybridized carbons (Fsp3) is 0.400. The van der Waals surface area contributed by atoms with Crippen molar-refractivity contribution in [3.8, 4) is 5.75 Å². The zero-order valence-electron chi connectivity index (χ0n) is 9.48. The predicted octanol–water partition coefficient (Wildman–Crippen LogP) is 1.53. The lowest BCUT2D eigenvalue weighted by molar-refractivity contribution is 0.416. The first-order valence-corrected chi connectivity index (χ1v) is 6.40.